The maximum Gasteiger partial charge on any atom is 0.469 e. The van der Waals surface area contributed by atoms with Crippen molar-refractivity contribution in [3.8, 4) is 0 Å². The van der Waals surface area contributed by atoms with Gasteiger partial charge in [-0.2, -0.15) is 0 Å². The molecule has 76 valence electrons. The van der Waals surface area contributed by atoms with Crippen LogP contribution in [0.4, 0.5) is 0 Å². The van der Waals surface area contributed by atoms with Gasteiger partial charge in [0.15, 0.2) is 0 Å². The van der Waals surface area contributed by atoms with Crippen LogP contribution in [-0.2, 0) is 9.31 Å². The summed E-state index contributed by atoms with van der Waals surface area (Å²) in [7, 11) is -0.130. The average Bonchev–Trinajstić information content (AvgIpc) is 2.58. The molecular weight excluding hydrogens is 175 g/mol. The van der Waals surface area contributed by atoms with Crippen LogP contribution >= 0.6 is 0 Å². The SMILES string of the molecule is CC1(C)OB(C2C=CC=C2)OC1(C)C. The second kappa shape index (κ2) is 2.98. The smallest absolute Gasteiger partial charge is 0.403 e. The van der Waals surface area contributed by atoms with Gasteiger partial charge < -0.3 is 9.31 Å². The first kappa shape index (κ1) is 10.00. The minimum atomic E-state index is -0.220. The zero-order valence-corrected chi connectivity index (χ0v) is 9.28. The molecule has 14 heavy (non-hydrogen) atoms. The van der Waals surface area contributed by atoms with Crippen molar-refractivity contribution >= 4 is 7.12 Å². The Hall–Kier alpha value is -0.535. The molecule has 1 saturated heterocycles. The minimum absolute atomic E-state index is 0.130. The van der Waals surface area contributed by atoms with Crippen LogP contribution in [0.15, 0.2) is 24.3 Å². The van der Waals surface area contributed by atoms with Crippen molar-refractivity contribution in [2.75, 3.05) is 0 Å². The average molecular weight is 192 g/mol. The number of hydrogen-bond donors (Lipinski definition) is 0. The molecule has 0 amide bonds. The van der Waals surface area contributed by atoms with E-state index in [4.69, 9.17) is 9.31 Å². The standard InChI is InChI=1S/C11H17BO2/c1-10(2)11(3,4)14-12(13-10)9-7-5-6-8-9/h5-9H,1-4H3. The van der Waals surface area contributed by atoms with Crippen molar-refractivity contribution < 1.29 is 9.31 Å². The van der Waals surface area contributed by atoms with Crippen LogP contribution in [0, 0.1) is 0 Å². The molecule has 0 N–H and O–H groups in total. The van der Waals surface area contributed by atoms with Gasteiger partial charge >= 0.3 is 7.12 Å². The number of hydrogen-bond acceptors (Lipinski definition) is 2. The number of rotatable bonds is 1. The summed E-state index contributed by atoms with van der Waals surface area (Å²) in [5, 5.41) is 0. The van der Waals surface area contributed by atoms with Gasteiger partial charge in [0.2, 0.25) is 0 Å². The van der Waals surface area contributed by atoms with Crippen molar-refractivity contribution in [1.29, 1.82) is 0 Å². The van der Waals surface area contributed by atoms with Gasteiger partial charge in [0.1, 0.15) is 0 Å². The summed E-state index contributed by atoms with van der Waals surface area (Å²) in [6.07, 6.45) is 8.30. The van der Waals surface area contributed by atoms with Gasteiger partial charge in [-0.15, -0.1) is 0 Å². The van der Waals surface area contributed by atoms with Crippen molar-refractivity contribution in [3.05, 3.63) is 24.3 Å². The van der Waals surface area contributed by atoms with Crippen molar-refractivity contribution in [2.24, 2.45) is 0 Å². The molecule has 0 aromatic rings. The quantitative estimate of drug-likeness (QED) is 0.594. The van der Waals surface area contributed by atoms with Crippen LogP contribution in [0.1, 0.15) is 27.7 Å². The van der Waals surface area contributed by atoms with E-state index in [0.29, 0.717) is 0 Å². The molecule has 0 aromatic carbocycles. The Morgan fingerprint density at radius 3 is 1.79 bits per heavy atom. The Balaban J connectivity index is 2.13. The van der Waals surface area contributed by atoms with E-state index in [2.05, 4.69) is 39.8 Å². The normalized spacial score (nSPS) is 29.0. The summed E-state index contributed by atoms with van der Waals surface area (Å²) < 4.78 is 11.8. The highest BCUT2D eigenvalue weighted by molar-refractivity contribution is 6.49. The van der Waals surface area contributed by atoms with E-state index >= 15 is 0 Å². The van der Waals surface area contributed by atoms with Gasteiger partial charge in [-0.05, 0) is 27.7 Å². The minimum Gasteiger partial charge on any atom is -0.403 e. The van der Waals surface area contributed by atoms with E-state index in [1.54, 1.807) is 0 Å². The summed E-state index contributed by atoms with van der Waals surface area (Å²) in [5.74, 6) is 0.274. The third-order valence-electron chi connectivity index (χ3n) is 3.36. The molecule has 0 spiro atoms. The van der Waals surface area contributed by atoms with Crippen LogP contribution in [0.25, 0.3) is 0 Å². The Morgan fingerprint density at radius 1 is 0.929 bits per heavy atom. The molecule has 1 aliphatic heterocycles. The Labute approximate surface area is 86.1 Å². The molecule has 0 atom stereocenters. The summed E-state index contributed by atoms with van der Waals surface area (Å²) in [4.78, 5) is 0. The van der Waals surface area contributed by atoms with Crippen molar-refractivity contribution in [1.82, 2.24) is 0 Å². The summed E-state index contributed by atoms with van der Waals surface area (Å²) in [6, 6.07) is 0. The van der Waals surface area contributed by atoms with E-state index in [1.165, 1.54) is 0 Å². The fourth-order valence-corrected chi connectivity index (χ4v) is 1.68. The molecule has 2 aliphatic rings. The zero-order chi connectivity index (χ0) is 10.4. The summed E-state index contributed by atoms with van der Waals surface area (Å²) in [5.41, 5.74) is -0.441. The predicted octanol–water partition coefficient (Wildman–Crippen LogP) is 2.57. The highest BCUT2D eigenvalue weighted by Gasteiger charge is 2.52. The van der Waals surface area contributed by atoms with Crippen LogP contribution < -0.4 is 0 Å². The third kappa shape index (κ3) is 1.45. The molecule has 0 bridgehead atoms. The fourth-order valence-electron chi connectivity index (χ4n) is 1.68. The second-order valence-electron chi connectivity index (χ2n) is 4.97. The topological polar surface area (TPSA) is 18.5 Å². The molecule has 0 unspecified atom stereocenters. The lowest BCUT2D eigenvalue weighted by atomic mass is 9.73. The monoisotopic (exact) mass is 192 g/mol. The van der Waals surface area contributed by atoms with Crippen LogP contribution in [0.3, 0.4) is 0 Å². The van der Waals surface area contributed by atoms with Crippen molar-refractivity contribution in [3.63, 3.8) is 0 Å². The van der Waals surface area contributed by atoms with E-state index < -0.39 is 0 Å². The van der Waals surface area contributed by atoms with Crippen molar-refractivity contribution in [2.45, 2.75) is 44.7 Å². The van der Waals surface area contributed by atoms with Crippen LogP contribution in [0.5, 0.6) is 0 Å². The Morgan fingerprint density at radius 2 is 1.36 bits per heavy atom. The van der Waals surface area contributed by atoms with E-state index in [0.717, 1.165) is 0 Å². The molecule has 2 rings (SSSR count). The van der Waals surface area contributed by atoms with Gasteiger partial charge in [-0.25, -0.2) is 0 Å². The highest BCUT2D eigenvalue weighted by Crippen LogP contribution is 2.41. The molecule has 0 aromatic heterocycles. The molecule has 0 radical (unpaired) electrons. The molecule has 1 heterocycles. The second-order valence-corrected chi connectivity index (χ2v) is 4.97. The lowest BCUT2D eigenvalue weighted by Gasteiger charge is -2.32. The molecule has 1 aliphatic carbocycles. The lowest BCUT2D eigenvalue weighted by molar-refractivity contribution is 0.00578. The zero-order valence-electron chi connectivity index (χ0n) is 9.28. The Bertz CT molecular complexity index is 264. The van der Waals surface area contributed by atoms with Gasteiger partial charge in [0, 0.05) is 5.82 Å². The van der Waals surface area contributed by atoms with Gasteiger partial charge in [-0.3, -0.25) is 0 Å². The maximum atomic E-state index is 5.92. The first-order chi connectivity index (χ1) is 6.42. The fraction of sp³-hybridized carbons (Fsp3) is 0.636. The molecular formula is C11H17BO2. The third-order valence-corrected chi connectivity index (χ3v) is 3.36. The van der Waals surface area contributed by atoms with Gasteiger partial charge in [-0.1, -0.05) is 24.3 Å². The molecule has 1 fully saturated rings. The first-order valence-electron chi connectivity index (χ1n) is 5.13. The van der Waals surface area contributed by atoms with Gasteiger partial charge in [0.05, 0.1) is 11.2 Å². The number of allylic oxidation sites excluding steroid dienone is 4. The van der Waals surface area contributed by atoms with E-state index in [-0.39, 0.29) is 24.1 Å². The molecule has 0 saturated carbocycles. The largest absolute Gasteiger partial charge is 0.469 e. The maximum absolute atomic E-state index is 5.92. The highest BCUT2D eigenvalue weighted by atomic mass is 16.7. The Kier molecular flexibility index (Phi) is 2.13. The molecule has 3 heteroatoms. The predicted molar refractivity (Wildman–Crippen MR) is 58.1 cm³/mol. The van der Waals surface area contributed by atoms with Crippen LogP contribution in [-0.4, -0.2) is 18.3 Å². The lowest BCUT2D eigenvalue weighted by Crippen LogP contribution is -2.41. The molecule has 2 nitrogen and oxygen atoms in total. The summed E-state index contributed by atoms with van der Waals surface area (Å²) >= 11 is 0. The first-order valence-corrected chi connectivity index (χ1v) is 5.13. The van der Waals surface area contributed by atoms with E-state index in [1.807, 2.05) is 12.2 Å². The summed E-state index contributed by atoms with van der Waals surface area (Å²) in [6.45, 7) is 8.32. The van der Waals surface area contributed by atoms with Gasteiger partial charge in [0.25, 0.3) is 0 Å². The van der Waals surface area contributed by atoms with Crippen LogP contribution in [0.2, 0.25) is 5.82 Å². The van der Waals surface area contributed by atoms with E-state index in [9.17, 15) is 0 Å².